The molecule has 1 amide bonds. The summed E-state index contributed by atoms with van der Waals surface area (Å²) in [6.45, 7) is 4.64. The van der Waals surface area contributed by atoms with E-state index in [9.17, 15) is 4.79 Å². The van der Waals surface area contributed by atoms with Gasteiger partial charge < -0.3 is 10.3 Å². The van der Waals surface area contributed by atoms with Crippen LogP contribution < -0.4 is 5.32 Å². The van der Waals surface area contributed by atoms with Crippen LogP contribution in [0, 0.1) is 5.92 Å². The van der Waals surface area contributed by atoms with E-state index in [2.05, 4.69) is 36.3 Å². The highest BCUT2D eigenvalue weighted by molar-refractivity contribution is 6.31. The van der Waals surface area contributed by atoms with E-state index in [4.69, 9.17) is 11.6 Å². The molecule has 3 nitrogen and oxygen atoms in total. The fourth-order valence-electron chi connectivity index (χ4n) is 3.53. The Bertz CT molecular complexity index is 882. The minimum Gasteiger partial charge on any atom is -0.361 e. The van der Waals surface area contributed by atoms with E-state index in [0.29, 0.717) is 6.54 Å². The van der Waals surface area contributed by atoms with Gasteiger partial charge in [0.25, 0.3) is 0 Å². The number of benzene rings is 2. The van der Waals surface area contributed by atoms with E-state index in [1.807, 2.05) is 42.6 Å². The molecule has 26 heavy (non-hydrogen) atoms. The number of nitrogens with one attached hydrogen (secondary N) is 2. The molecule has 0 saturated carbocycles. The van der Waals surface area contributed by atoms with Crippen LogP contribution in [-0.2, 0) is 4.79 Å². The smallest absolute Gasteiger partial charge is 0.223 e. The lowest BCUT2D eigenvalue weighted by Gasteiger charge is -2.21. The molecule has 1 unspecified atom stereocenters. The van der Waals surface area contributed by atoms with Gasteiger partial charge in [-0.1, -0.05) is 61.8 Å². The minimum atomic E-state index is -0.00170. The molecule has 0 aliphatic rings. The minimum absolute atomic E-state index is 0.00170. The zero-order chi connectivity index (χ0) is 18.5. The van der Waals surface area contributed by atoms with Crippen LogP contribution in [0.3, 0.4) is 0 Å². The third-order valence-corrected chi connectivity index (χ3v) is 5.46. The third-order valence-electron chi connectivity index (χ3n) is 5.11. The number of aromatic nitrogens is 1. The van der Waals surface area contributed by atoms with E-state index < -0.39 is 0 Å². The predicted molar refractivity (Wildman–Crippen MR) is 109 cm³/mol. The number of halogens is 1. The molecular formula is C22H25ClN2O. The van der Waals surface area contributed by atoms with Gasteiger partial charge in [0, 0.05) is 40.5 Å². The van der Waals surface area contributed by atoms with Crippen molar-refractivity contribution < 1.29 is 4.79 Å². The molecule has 0 radical (unpaired) electrons. The van der Waals surface area contributed by atoms with Gasteiger partial charge in [0.05, 0.1) is 0 Å². The molecule has 2 N–H and O–H groups in total. The number of carbonyl (C=O) groups excluding carboxylic acids is 1. The summed E-state index contributed by atoms with van der Waals surface area (Å²) < 4.78 is 0. The Hall–Kier alpha value is -2.26. The lowest BCUT2D eigenvalue weighted by molar-refractivity contribution is -0.125. The van der Waals surface area contributed by atoms with Crippen LogP contribution in [0.25, 0.3) is 10.9 Å². The van der Waals surface area contributed by atoms with Crippen molar-refractivity contribution in [3.8, 4) is 0 Å². The highest BCUT2D eigenvalue weighted by Crippen LogP contribution is 2.34. The number of H-pyrrole nitrogens is 1. The number of para-hydroxylation sites is 1. The molecule has 1 atom stereocenters. The van der Waals surface area contributed by atoms with Crippen LogP contribution in [0.15, 0.2) is 54.7 Å². The summed E-state index contributed by atoms with van der Waals surface area (Å²) in [6, 6.07) is 16.1. The van der Waals surface area contributed by atoms with Crippen LogP contribution >= 0.6 is 11.6 Å². The summed E-state index contributed by atoms with van der Waals surface area (Å²) in [4.78, 5) is 15.8. The van der Waals surface area contributed by atoms with Crippen molar-refractivity contribution in [3.05, 3.63) is 70.9 Å². The van der Waals surface area contributed by atoms with Gasteiger partial charge in [0.1, 0.15) is 0 Å². The molecule has 0 saturated heterocycles. The first-order valence-corrected chi connectivity index (χ1v) is 9.61. The molecule has 0 bridgehead atoms. The lowest BCUT2D eigenvalue weighted by atomic mass is 9.90. The van der Waals surface area contributed by atoms with Crippen LogP contribution in [-0.4, -0.2) is 17.4 Å². The summed E-state index contributed by atoms with van der Waals surface area (Å²) >= 11 is 6.50. The van der Waals surface area contributed by atoms with Gasteiger partial charge >= 0.3 is 0 Å². The summed E-state index contributed by atoms with van der Waals surface area (Å²) in [5.41, 5.74) is 3.27. The summed E-state index contributed by atoms with van der Waals surface area (Å²) in [7, 11) is 0. The second-order valence-corrected chi connectivity index (χ2v) is 7.03. The van der Waals surface area contributed by atoms with Gasteiger partial charge in [-0.2, -0.15) is 0 Å². The molecule has 2 aromatic carbocycles. The topological polar surface area (TPSA) is 44.9 Å². The van der Waals surface area contributed by atoms with Gasteiger partial charge in [-0.15, -0.1) is 0 Å². The zero-order valence-electron chi connectivity index (χ0n) is 15.3. The van der Waals surface area contributed by atoms with Crippen LogP contribution in [0.2, 0.25) is 5.02 Å². The van der Waals surface area contributed by atoms with Gasteiger partial charge in [-0.3, -0.25) is 4.79 Å². The molecule has 3 aromatic rings. The molecule has 0 spiro atoms. The summed E-state index contributed by atoms with van der Waals surface area (Å²) in [5, 5.41) is 5.04. The van der Waals surface area contributed by atoms with Crippen LogP contribution in [0.1, 0.15) is 43.7 Å². The highest BCUT2D eigenvalue weighted by atomic mass is 35.5. The van der Waals surface area contributed by atoms with Gasteiger partial charge in [-0.05, 0) is 36.1 Å². The molecule has 0 aliphatic carbocycles. The van der Waals surface area contributed by atoms with Crippen molar-refractivity contribution in [1.82, 2.24) is 10.3 Å². The number of carbonyl (C=O) groups is 1. The second kappa shape index (κ2) is 8.41. The Morgan fingerprint density at radius 3 is 2.46 bits per heavy atom. The highest BCUT2D eigenvalue weighted by Gasteiger charge is 2.22. The molecule has 4 heteroatoms. The SMILES string of the molecule is CCC(CC)C(=O)NCC(c1ccccc1Cl)c1c[nH]c2ccccc12. The Kier molecular flexibility index (Phi) is 6.00. The Balaban J connectivity index is 1.95. The maximum Gasteiger partial charge on any atom is 0.223 e. The van der Waals surface area contributed by atoms with Gasteiger partial charge in [-0.25, -0.2) is 0 Å². The number of rotatable bonds is 7. The van der Waals surface area contributed by atoms with Crippen LogP contribution in [0.5, 0.6) is 0 Å². The van der Waals surface area contributed by atoms with Crippen molar-refractivity contribution in [2.45, 2.75) is 32.6 Å². The molecule has 1 aromatic heterocycles. The van der Waals surface area contributed by atoms with Crippen LogP contribution in [0.4, 0.5) is 0 Å². The molecule has 3 rings (SSSR count). The van der Waals surface area contributed by atoms with E-state index in [-0.39, 0.29) is 17.7 Å². The second-order valence-electron chi connectivity index (χ2n) is 6.62. The largest absolute Gasteiger partial charge is 0.361 e. The summed E-state index contributed by atoms with van der Waals surface area (Å²) in [5.74, 6) is 0.176. The Morgan fingerprint density at radius 1 is 1.04 bits per heavy atom. The summed E-state index contributed by atoms with van der Waals surface area (Å²) in [6.07, 6.45) is 3.74. The van der Waals surface area contributed by atoms with Gasteiger partial charge in [0.15, 0.2) is 0 Å². The van der Waals surface area contributed by atoms with Crippen molar-refractivity contribution in [2.24, 2.45) is 5.92 Å². The van der Waals surface area contributed by atoms with Crippen molar-refractivity contribution in [2.75, 3.05) is 6.54 Å². The molecule has 136 valence electrons. The number of amides is 1. The third kappa shape index (κ3) is 3.78. The van der Waals surface area contributed by atoms with Crippen molar-refractivity contribution in [1.29, 1.82) is 0 Å². The molecule has 0 aliphatic heterocycles. The standard InChI is InChI=1S/C22H25ClN2O/c1-3-15(4-2)22(26)25-14-18(16-9-5-7-11-20(16)23)19-13-24-21-12-8-6-10-17(19)21/h5-13,15,18,24H,3-4,14H2,1-2H3,(H,25,26). The molecule has 0 fully saturated rings. The average molecular weight is 369 g/mol. The van der Waals surface area contributed by atoms with E-state index in [1.165, 1.54) is 0 Å². The van der Waals surface area contributed by atoms with E-state index in [1.54, 1.807) is 0 Å². The Labute approximate surface area is 159 Å². The maximum atomic E-state index is 12.5. The van der Waals surface area contributed by atoms with Crippen molar-refractivity contribution >= 4 is 28.4 Å². The quantitative estimate of drug-likeness (QED) is 0.567. The fourth-order valence-corrected chi connectivity index (χ4v) is 3.80. The number of fused-ring (bicyclic) bond motifs is 1. The first kappa shape index (κ1) is 18.5. The Morgan fingerprint density at radius 2 is 1.73 bits per heavy atom. The van der Waals surface area contributed by atoms with E-state index in [0.717, 1.165) is 39.9 Å². The first-order chi connectivity index (χ1) is 12.7. The number of aromatic amines is 1. The number of hydrogen-bond donors (Lipinski definition) is 2. The monoisotopic (exact) mass is 368 g/mol. The lowest BCUT2D eigenvalue weighted by Crippen LogP contribution is -2.33. The van der Waals surface area contributed by atoms with Gasteiger partial charge in [0.2, 0.25) is 5.91 Å². The maximum absolute atomic E-state index is 12.5. The molecule has 1 heterocycles. The molecular weight excluding hydrogens is 344 g/mol. The van der Waals surface area contributed by atoms with Crippen molar-refractivity contribution in [3.63, 3.8) is 0 Å². The normalized spacial score (nSPS) is 12.5. The average Bonchev–Trinajstić information content (AvgIpc) is 3.08. The first-order valence-electron chi connectivity index (χ1n) is 9.23. The van der Waals surface area contributed by atoms with E-state index >= 15 is 0 Å². The predicted octanol–water partition coefficient (Wildman–Crippen LogP) is 5.51. The fraction of sp³-hybridized carbons (Fsp3) is 0.318. The number of hydrogen-bond acceptors (Lipinski definition) is 1. The zero-order valence-corrected chi connectivity index (χ0v) is 16.0.